The zero-order valence-corrected chi connectivity index (χ0v) is 12.3. The van der Waals surface area contributed by atoms with Gasteiger partial charge in [0.25, 0.3) is 0 Å². The predicted octanol–water partition coefficient (Wildman–Crippen LogP) is 2.59. The van der Waals surface area contributed by atoms with E-state index in [1.165, 1.54) is 12.8 Å². The topological polar surface area (TPSA) is 32.8 Å². The van der Waals surface area contributed by atoms with E-state index in [1.54, 1.807) is 0 Å². The molecule has 1 saturated heterocycles. The fraction of sp³-hybridized carbons (Fsp3) is 0.929. The summed E-state index contributed by atoms with van der Waals surface area (Å²) in [5.74, 6) is 0.646. The van der Waals surface area contributed by atoms with Gasteiger partial charge in [-0.3, -0.25) is 0 Å². The highest BCUT2D eigenvalue weighted by Gasteiger charge is 2.31. The van der Waals surface area contributed by atoms with E-state index in [2.05, 4.69) is 32.7 Å². The molecule has 1 unspecified atom stereocenters. The van der Waals surface area contributed by atoms with E-state index in [1.807, 2.05) is 4.90 Å². The van der Waals surface area contributed by atoms with Gasteiger partial charge in [-0.2, -0.15) is 0 Å². The van der Waals surface area contributed by atoms with Crippen molar-refractivity contribution in [2.24, 2.45) is 5.92 Å². The smallest absolute Gasteiger partial charge is 0.410 e. The molecule has 0 aromatic carbocycles. The summed E-state index contributed by atoms with van der Waals surface area (Å²) in [6.45, 7) is 10.1. The molecule has 1 amide bonds. The van der Waals surface area contributed by atoms with E-state index >= 15 is 0 Å². The van der Waals surface area contributed by atoms with Crippen molar-refractivity contribution in [3.8, 4) is 0 Å². The Kier molecular flexibility index (Phi) is 6.47. The van der Waals surface area contributed by atoms with Crippen LogP contribution in [0.25, 0.3) is 0 Å². The van der Waals surface area contributed by atoms with Crippen molar-refractivity contribution in [1.82, 2.24) is 9.80 Å². The second kappa shape index (κ2) is 7.62. The van der Waals surface area contributed by atoms with E-state index in [-0.39, 0.29) is 12.2 Å². The highest BCUT2D eigenvalue weighted by Crippen LogP contribution is 2.13. The van der Waals surface area contributed by atoms with Crippen LogP contribution in [0.2, 0.25) is 0 Å². The number of rotatable bonds is 8. The lowest BCUT2D eigenvalue weighted by molar-refractivity contribution is 0.110. The van der Waals surface area contributed by atoms with Crippen molar-refractivity contribution in [2.75, 3.05) is 33.2 Å². The van der Waals surface area contributed by atoms with Crippen LogP contribution in [-0.4, -0.2) is 55.2 Å². The SMILES string of the molecule is CCCCCN1CC(CN(C)CC(C)C)OC1=O. The Labute approximate surface area is 111 Å². The zero-order valence-electron chi connectivity index (χ0n) is 12.3. The third-order valence-electron chi connectivity index (χ3n) is 3.17. The summed E-state index contributed by atoms with van der Waals surface area (Å²) in [6.07, 6.45) is 3.36. The van der Waals surface area contributed by atoms with Crippen LogP contribution >= 0.6 is 0 Å². The minimum atomic E-state index is -0.131. The van der Waals surface area contributed by atoms with Gasteiger partial charge in [0.2, 0.25) is 0 Å². The number of amides is 1. The highest BCUT2D eigenvalue weighted by molar-refractivity contribution is 5.69. The van der Waals surface area contributed by atoms with Crippen LogP contribution in [0.1, 0.15) is 40.0 Å². The largest absolute Gasteiger partial charge is 0.443 e. The normalized spacial score (nSPS) is 20.0. The third kappa shape index (κ3) is 5.25. The number of unbranched alkanes of at least 4 members (excludes halogenated alkanes) is 2. The first-order chi connectivity index (χ1) is 8.52. The summed E-state index contributed by atoms with van der Waals surface area (Å²) < 4.78 is 5.40. The molecule has 0 aliphatic carbocycles. The second-order valence-electron chi connectivity index (χ2n) is 5.77. The van der Waals surface area contributed by atoms with Gasteiger partial charge in [0.15, 0.2) is 0 Å². The lowest BCUT2D eigenvalue weighted by Crippen LogP contribution is -2.34. The van der Waals surface area contributed by atoms with Crippen LogP contribution in [0.3, 0.4) is 0 Å². The summed E-state index contributed by atoms with van der Waals surface area (Å²) in [5, 5.41) is 0. The van der Waals surface area contributed by atoms with Gasteiger partial charge in [0.05, 0.1) is 6.54 Å². The number of ether oxygens (including phenoxy) is 1. The third-order valence-corrected chi connectivity index (χ3v) is 3.17. The van der Waals surface area contributed by atoms with Crippen molar-refractivity contribution >= 4 is 6.09 Å². The molecule has 0 bridgehead atoms. The summed E-state index contributed by atoms with van der Waals surface area (Å²) in [4.78, 5) is 15.8. The minimum absolute atomic E-state index is 0.0443. The molecule has 1 fully saturated rings. The molecule has 18 heavy (non-hydrogen) atoms. The van der Waals surface area contributed by atoms with E-state index in [4.69, 9.17) is 4.74 Å². The Morgan fingerprint density at radius 1 is 1.44 bits per heavy atom. The van der Waals surface area contributed by atoms with E-state index in [0.717, 1.165) is 32.6 Å². The number of carbonyl (C=O) groups is 1. The van der Waals surface area contributed by atoms with Gasteiger partial charge < -0.3 is 14.5 Å². The number of cyclic esters (lactones) is 1. The van der Waals surface area contributed by atoms with E-state index < -0.39 is 0 Å². The van der Waals surface area contributed by atoms with Crippen LogP contribution in [0, 0.1) is 5.92 Å². The van der Waals surface area contributed by atoms with Crippen LogP contribution in [0.5, 0.6) is 0 Å². The first-order valence-corrected chi connectivity index (χ1v) is 7.17. The average Bonchev–Trinajstić information content (AvgIpc) is 2.58. The fourth-order valence-electron chi connectivity index (χ4n) is 2.45. The molecule has 1 aliphatic heterocycles. The molecule has 4 nitrogen and oxygen atoms in total. The van der Waals surface area contributed by atoms with E-state index in [9.17, 15) is 4.79 Å². The van der Waals surface area contributed by atoms with Gasteiger partial charge in [-0.25, -0.2) is 4.79 Å². The molecule has 0 radical (unpaired) electrons. The molecule has 1 heterocycles. The predicted molar refractivity (Wildman–Crippen MR) is 73.7 cm³/mol. The van der Waals surface area contributed by atoms with Crippen molar-refractivity contribution in [3.05, 3.63) is 0 Å². The Morgan fingerprint density at radius 2 is 2.17 bits per heavy atom. The molecule has 0 spiro atoms. The minimum Gasteiger partial charge on any atom is -0.443 e. The maximum atomic E-state index is 11.7. The van der Waals surface area contributed by atoms with Gasteiger partial charge in [0, 0.05) is 19.6 Å². The van der Waals surface area contributed by atoms with Crippen LogP contribution in [0.15, 0.2) is 0 Å². The van der Waals surface area contributed by atoms with Gasteiger partial charge >= 0.3 is 6.09 Å². The molecular formula is C14H28N2O2. The van der Waals surface area contributed by atoms with Crippen molar-refractivity contribution in [2.45, 2.75) is 46.1 Å². The maximum absolute atomic E-state index is 11.7. The summed E-state index contributed by atoms with van der Waals surface area (Å²) in [6, 6.07) is 0. The number of hydrogen-bond donors (Lipinski definition) is 0. The van der Waals surface area contributed by atoms with Crippen molar-refractivity contribution in [3.63, 3.8) is 0 Å². The van der Waals surface area contributed by atoms with Crippen LogP contribution < -0.4 is 0 Å². The lowest BCUT2D eigenvalue weighted by Gasteiger charge is -2.21. The molecule has 0 aromatic rings. The van der Waals surface area contributed by atoms with Gasteiger partial charge in [-0.1, -0.05) is 33.6 Å². The highest BCUT2D eigenvalue weighted by atomic mass is 16.6. The van der Waals surface area contributed by atoms with Gasteiger partial charge in [0.1, 0.15) is 6.10 Å². The van der Waals surface area contributed by atoms with Crippen molar-refractivity contribution < 1.29 is 9.53 Å². The summed E-state index contributed by atoms with van der Waals surface area (Å²) >= 11 is 0. The number of carbonyl (C=O) groups excluding carboxylic acids is 1. The van der Waals surface area contributed by atoms with Gasteiger partial charge in [-0.05, 0) is 19.4 Å². The number of hydrogen-bond acceptors (Lipinski definition) is 3. The zero-order chi connectivity index (χ0) is 13.5. The first-order valence-electron chi connectivity index (χ1n) is 7.17. The lowest BCUT2D eigenvalue weighted by atomic mass is 10.2. The monoisotopic (exact) mass is 256 g/mol. The van der Waals surface area contributed by atoms with Crippen LogP contribution in [0.4, 0.5) is 4.79 Å². The Morgan fingerprint density at radius 3 is 2.78 bits per heavy atom. The molecule has 0 N–H and O–H groups in total. The quantitative estimate of drug-likeness (QED) is 0.626. The average molecular weight is 256 g/mol. The molecule has 0 aromatic heterocycles. The summed E-state index contributed by atoms with van der Waals surface area (Å²) in [7, 11) is 2.09. The molecular weight excluding hydrogens is 228 g/mol. The molecule has 0 saturated carbocycles. The Bertz CT molecular complexity index is 256. The molecule has 4 heteroatoms. The van der Waals surface area contributed by atoms with E-state index in [0.29, 0.717) is 5.92 Å². The molecule has 1 atom stereocenters. The van der Waals surface area contributed by atoms with Crippen molar-refractivity contribution in [1.29, 1.82) is 0 Å². The molecule has 106 valence electrons. The molecule has 1 aliphatic rings. The van der Waals surface area contributed by atoms with Gasteiger partial charge in [-0.15, -0.1) is 0 Å². The maximum Gasteiger partial charge on any atom is 0.410 e. The Balaban J connectivity index is 2.27. The standard InChI is InChI=1S/C14H28N2O2/c1-5-6-7-8-16-11-13(18-14(16)17)10-15(4)9-12(2)3/h12-13H,5-11H2,1-4H3. The number of nitrogens with zero attached hydrogens (tertiary/aromatic N) is 2. The first kappa shape index (κ1) is 15.3. The Hall–Kier alpha value is -0.770. The van der Waals surface area contributed by atoms with Crippen LogP contribution in [-0.2, 0) is 4.74 Å². The molecule has 1 rings (SSSR count). The summed E-state index contributed by atoms with van der Waals surface area (Å²) in [5.41, 5.74) is 0. The number of likely N-dealkylation sites (N-methyl/N-ethyl adjacent to an activating group) is 1. The second-order valence-corrected chi connectivity index (χ2v) is 5.77. The fourth-order valence-corrected chi connectivity index (χ4v) is 2.45.